The standard InChI is InChI=1S/C19H21N5O2/c1-13-11-15(22-17-8-9-21-24(13)17)16-5-3-4-10-23(16)19(25)14-6-7-18(26-2)20-12-14/h6-9,11-12,16H,3-5,10H2,1-2H3. The van der Waals surface area contributed by atoms with Crippen molar-refractivity contribution < 1.29 is 9.53 Å². The number of ether oxygens (including phenoxy) is 1. The summed E-state index contributed by atoms with van der Waals surface area (Å²) in [6.45, 7) is 2.73. The predicted molar refractivity (Wildman–Crippen MR) is 96.1 cm³/mol. The lowest BCUT2D eigenvalue weighted by molar-refractivity contribution is 0.0605. The van der Waals surface area contributed by atoms with Crippen molar-refractivity contribution in [2.24, 2.45) is 0 Å². The lowest BCUT2D eigenvalue weighted by Gasteiger charge is -2.35. The van der Waals surface area contributed by atoms with Crippen LogP contribution in [-0.2, 0) is 0 Å². The fraction of sp³-hybridized carbons (Fsp3) is 0.368. The minimum absolute atomic E-state index is 0.0160. The Labute approximate surface area is 151 Å². The Kier molecular flexibility index (Phi) is 4.28. The average molecular weight is 351 g/mol. The van der Waals surface area contributed by atoms with Gasteiger partial charge in [-0.3, -0.25) is 4.79 Å². The Bertz CT molecular complexity index is 935. The van der Waals surface area contributed by atoms with E-state index < -0.39 is 0 Å². The number of piperidine rings is 1. The van der Waals surface area contributed by atoms with E-state index in [-0.39, 0.29) is 11.9 Å². The van der Waals surface area contributed by atoms with Gasteiger partial charge in [0.05, 0.1) is 30.6 Å². The zero-order valence-corrected chi connectivity index (χ0v) is 14.9. The van der Waals surface area contributed by atoms with Crippen molar-refractivity contribution in [1.82, 2.24) is 24.5 Å². The molecule has 26 heavy (non-hydrogen) atoms. The van der Waals surface area contributed by atoms with Gasteiger partial charge >= 0.3 is 0 Å². The molecule has 0 radical (unpaired) electrons. The Morgan fingerprint density at radius 1 is 1.27 bits per heavy atom. The van der Waals surface area contributed by atoms with Crippen LogP contribution in [0.1, 0.15) is 47.1 Å². The maximum Gasteiger partial charge on any atom is 0.255 e. The van der Waals surface area contributed by atoms with E-state index in [1.807, 2.05) is 28.5 Å². The molecule has 134 valence electrons. The number of likely N-dealkylation sites (tertiary alicyclic amines) is 1. The minimum atomic E-state index is -0.0306. The van der Waals surface area contributed by atoms with Gasteiger partial charge in [0.1, 0.15) is 0 Å². The van der Waals surface area contributed by atoms with E-state index in [0.717, 1.165) is 42.8 Å². The monoisotopic (exact) mass is 351 g/mol. The second kappa shape index (κ2) is 6.74. The predicted octanol–water partition coefficient (Wildman–Crippen LogP) is 2.81. The number of carbonyl (C=O) groups excluding carboxylic acids is 1. The highest BCUT2D eigenvalue weighted by molar-refractivity contribution is 5.94. The molecular formula is C19H21N5O2. The highest BCUT2D eigenvalue weighted by Crippen LogP contribution is 2.32. The molecule has 4 heterocycles. The topological polar surface area (TPSA) is 72.6 Å². The largest absolute Gasteiger partial charge is 0.481 e. The molecule has 1 atom stereocenters. The van der Waals surface area contributed by atoms with Crippen LogP contribution in [0, 0.1) is 6.92 Å². The Hall–Kier alpha value is -2.96. The van der Waals surface area contributed by atoms with E-state index in [1.165, 1.54) is 0 Å². The Morgan fingerprint density at radius 3 is 2.92 bits per heavy atom. The lowest BCUT2D eigenvalue weighted by atomic mass is 9.97. The molecule has 1 aliphatic rings. The van der Waals surface area contributed by atoms with Gasteiger partial charge in [0.15, 0.2) is 5.65 Å². The number of carbonyl (C=O) groups is 1. The summed E-state index contributed by atoms with van der Waals surface area (Å²) in [6.07, 6.45) is 6.31. The first-order chi connectivity index (χ1) is 12.7. The molecule has 1 amide bonds. The highest BCUT2D eigenvalue weighted by atomic mass is 16.5. The van der Waals surface area contributed by atoms with E-state index >= 15 is 0 Å². The van der Waals surface area contributed by atoms with Crippen LogP contribution in [0.15, 0.2) is 36.7 Å². The number of aromatic nitrogens is 4. The molecule has 1 aliphatic heterocycles. The maximum atomic E-state index is 13.1. The summed E-state index contributed by atoms with van der Waals surface area (Å²) in [4.78, 5) is 23.9. The van der Waals surface area contributed by atoms with Crippen LogP contribution >= 0.6 is 0 Å². The first-order valence-electron chi connectivity index (χ1n) is 8.79. The number of hydrogen-bond acceptors (Lipinski definition) is 5. The van der Waals surface area contributed by atoms with Crippen LogP contribution in [-0.4, -0.2) is 44.0 Å². The van der Waals surface area contributed by atoms with Gasteiger partial charge in [0, 0.05) is 30.6 Å². The van der Waals surface area contributed by atoms with Gasteiger partial charge in [0.25, 0.3) is 5.91 Å². The summed E-state index contributed by atoms with van der Waals surface area (Å²) >= 11 is 0. The molecule has 0 N–H and O–H groups in total. The number of amides is 1. The molecule has 7 heteroatoms. The summed E-state index contributed by atoms with van der Waals surface area (Å²) < 4.78 is 6.89. The van der Waals surface area contributed by atoms with Crippen molar-refractivity contribution in [3.63, 3.8) is 0 Å². The molecule has 0 saturated carbocycles. The number of methoxy groups -OCH3 is 1. The Balaban J connectivity index is 1.67. The molecular weight excluding hydrogens is 330 g/mol. The van der Waals surface area contributed by atoms with Gasteiger partial charge in [-0.05, 0) is 38.3 Å². The fourth-order valence-corrected chi connectivity index (χ4v) is 3.54. The summed E-state index contributed by atoms with van der Waals surface area (Å²) in [7, 11) is 1.56. The SMILES string of the molecule is COc1ccc(C(=O)N2CCCCC2c2cc(C)n3nccc3n2)cn1. The molecule has 0 aromatic carbocycles. The van der Waals surface area contributed by atoms with Gasteiger partial charge in [-0.15, -0.1) is 0 Å². The Morgan fingerprint density at radius 2 is 2.15 bits per heavy atom. The van der Waals surface area contributed by atoms with E-state index in [0.29, 0.717) is 11.4 Å². The smallest absolute Gasteiger partial charge is 0.255 e. The third kappa shape index (κ3) is 2.89. The van der Waals surface area contributed by atoms with Gasteiger partial charge in [-0.25, -0.2) is 14.5 Å². The molecule has 3 aromatic heterocycles. The maximum absolute atomic E-state index is 13.1. The van der Waals surface area contributed by atoms with Crippen LogP contribution in [0.5, 0.6) is 5.88 Å². The second-order valence-corrected chi connectivity index (χ2v) is 6.52. The van der Waals surface area contributed by atoms with Crippen LogP contribution in [0.2, 0.25) is 0 Å². The minimum Gasteiger partial charge on any atom is -0.481 e. The van der Waals surface area contributed by atoms with Crippen molar-refractivity contribution in [3.05, 3.63) is 53.6 Å². The zero-order valence-electron chi connectivity index (χ0n) is 14.9. The first kappa shape index (κ1) is 16.5. The molecule has 3 aromatic rings. The summed E-state index contributed by atoms with van der Waals surface area (Å²) in [5.41, 5.74) is 3.31. The number of hydrogen-bond donors (Lipinski definition) is 0. The molecule has 0 spiro atoms. The molecule has 4 rings (SSSR count). The first-order valence-corrected chi connectivity index (χ1v) is 8.79. The zero-order chi connectivity index (χ0) is 18.1. The summed E-state index contributed by atoms with van der Waals surface area (Å²) in [5.74, 6) is 0.484. The van der Waals surface area contributed by atoms with Crippen LogP contribution < -0.4 is 4.74 Å². The van der Waals surface area contributed by atoms with Crippen molar-refractivity contribution in [2.45, 2.75) is 32.2 Å². The van der Waals surface area contributed by atoms with E-state index in [4.69, 9.17) is 9.72 Å². The lowest BCUT2D eigenvalue weighted by Crippen LogP contribution is -2.39. The van der Waals surface area contributed by atoms with Crippen molar-refractivity contribution in [1.29, 1.82) is 0 Å². The number of pyridine rings is 1. The van der Waals surface area contributed by atoms with E-state index in [1.54, 1.807) is 31.6 Å². The van der Waals surface area contributed by atoms with Crippen LogP contribution in [0.25, 0.3) is 5.65 Å². The van der Waals surface area contributed by atoms with Gasteiger partial charge in [-0.2, -0.15) is 5.10 Å². The third-order valence-corrected chi connectivity index (χ3v) is 4.85. The van der Waals surface area contributed by atoms with E-state index in [2.05, 4.69) is 10.1 Å². The van der Waals surface area contributed by atoms with Gasteiger partial charge in [-0.1, -0.05) is 0 Å². The molecule has 0 bridgehead atoms. The van der Waals surface area contributed by atoms with Crippen molar-refractivity contribution >= 4 is 11.6 Å². The van der Waals surface area contributed by atoms with Gasteiger partial charge < -0.3 is 9.64 Å². The summed E-state index contributed by atoms with van der Waals surface area (Å²) in [5, 5.41) is 4.28. The normalized spacial score (nSPS) is 17.5. The van der Waals surface area contributed by atoms with Gasteiger partial charge in [0.2, 0.25) is 5.88 Å². The van der Waals surface area contributed by atoms with Crippen molar-refractivity contribution in [2.75, 3.05) is 13.7 Å². The molecule has 7 nitrogen and oxygen atoms in total. The fourth-order valence-electron chi connectivity index (χ4n) is 3.54. The third-order valence-electron chi connectivity index (χ3n) is 4.85. The molecule has 1 saturated heterocycles. The van der Waals surface area contributed by atoms with Crippen LogP contribution in [0.3, 0.4) is 0 Å². The van der Waals surface area contributed by atoms with Crippen LogP contribution in [0.4, 0.5) is 0 Å². The summed E-state index contributed by atoms with van der Waals surface area (Å²) in [6, 6.07) is 7.37. The molecule has 1 unspecified atom stereocenters. The van der Waals surface area contributed by atoms with E-state index in [9.17, 15) is 4.79 Å². The number of nitrogens with zero attached hydrogens (tertiary/aromatic N) is 5. The molecule has 1 fully saturated rings. The second-order valence-electron chi connectivity index (χ2n) is 6.52. The quantitative estimate of drug-likeness (QED) is 0.725. The number of rotatable bonds is 3. The van der Waals surface area contributed by atoms with Crippen molar-refractivity contribution in [3.8, 4) is 5.88 Å². The number of aryl methyl sites for hydroxylation is 1. The molecule has 0 aliphatic carbocycles. The number of fused-ring (bicyclic) bond motifs is 1. The average Bonchev–Trinajstić information content (AvgIpc) is 3.17. The highest BCUT2D eigenvalue weighted by Gasteiger charge is 2.30.